The average molecular weight is 257 g/mol. The maximum Gasteiger partial charge on any atom is 0.258 e. The van der Waals surface area contributed by atoms with Crippen LogP contribution in [0.4, 0.5) is 0 Å². The van der Waals surface area contributed by atoms with Gasteiger partial charge in [-0.1, -0.05) is 17.7 Å². The summed E-state index contributed by atoms with van der Waals surface area (Å²) in [6.45, 7) is 4.03. The Bertz CT molecular complexity index is 394. The van der Waals surface area contributed by atoms with E-state index in [2.05, 4.69) is 5.32 Å². The van der Waals surface area contributed by atoms with E-state index in [1.165, 1.54) is 0 Å². The smallest absolute Gasteiger partial charge is 0.258 e. The van der Waals surface area contributed by atoms with Crippen LogP contribution in [-0.4, -0.2) is 18.6 Å². The summed E-state index contributed by atoms with van der Waals surface area (Å²) in [5.74, 6) is 0.391. The summed E-state index contributed by atoms with van der Waals surface area (Å²) in [7, 11) is 0. The zero-order valence-corrected chi connectivity index (χ0v) is 10.8. The van der Waals surface area contributed by atoms with E-state index in [0.29, 0.717) is 16.3 Å². The fourth-order valence-electron chi connectivity index (χ4n) is 1.38. The Morgan fingerprint density at radius 2 is 2.24 bits per heavy atom. The zero-order valence-electron chi connectivity index (χ0n) is 10.00. The molecule has 0 spiro atoms. The van der Waals surface area contributed by atoms with Crippen LogP contribution >= 0.6 is 11.6 Å². The second-order valence-corrected chi connectivity index (χ2v) is 4.34. The molecule has 17 heavy (non-hydrogen) atoms. The molecule has 0 aliphatic carbocycles. The first kappa shape index (κ1) is 13.8. The minimum atomic E-state index is -0.164. The number of nitrogens with one attached hydrogen (secondary N) is 1. The van der Waals surface area contributed by atoms with E-state index < -0.39 is 0 Å². The molecule has 1 aromatic carbocycles. The van der Waals surface area contributed by atoms with E-state index in [0.717, 1.165) is 0 Å². The van der Waals surface area contributed by atoms with Crippen molar-refractivity contribution in [3.8, 4) is 5.75 Å². The molecular formula is C12H17ClN2O2. The highest BCUT2D eigenvalue weighted by molar-refractivity contribution is 6.31. The molecule has 0 aliphatic rings. The van der Waals surface area contributed by atoms with E-state index >= 15 is 0 Å². The Hall–Kier alpha value is -1.26. The standard InChI is InChI=1S/C12H17ClN2O2/c1-8(2)15-12(16)7-17-11-5-3-4-10(13)9(11)6-14/h3-5,8H,6-7,14H2,1-2H3,(H,15,16). The van der Waals surface area contributed by atoms with Crippen molar-refractivity contribution in [3.63, 3.8) is 0 Å². The third kappa shape index (κ3) is 4.24. The van der Waals surface area contributed by atoms with Crippen LogP contribution in [0.1, 0.15) is 19.4 Å². The summed E-state index contributed by atoms with van der Waals surface area (Å²) >= 11 is 5.97. The van der Waals surface area contributed by atoms with Gasteiger partial charge < -0.3 is 15.8 Å². The van der Waals surface area contributed by atoms with E-state index in [1.807, 2.05) is 13.8 Å². The zero-order chi connectivity index (χ0) is 12.8. The third-order valence-electron chi connectivity index (χ3n) is 2.09. The minimum absolute atomic E-state index is 0.0362. The number of nitrogens with two attached hydrogens (primary N) is 1. The molecule has 0 bridgehead atoms. The highest BCUT2D eigenvalue weighted by Crippen LogP contribution is 2.25. The quantitative estimate of drug-likeness (QED) is 0.843. The van der Waals surface area contributed by atoms with Crippen LogP contribution in [0.2, 0.25) is 5.02 Å². The van der Waals surface area contributed by atoms with Crippen LogP contribution in [-0.2, 0) is 11.3 Å². The second kappa shape index (κ2) is 6.47. The molecule has 0 aromatic heterocycles. The number of rotatable bonds is 5. The molecule has 1 amide bonds. The Morgan fingerprint density at radius 1 is 1.53 bits per heavy atom. The highest BCUT2D eigenvalue weighted by Gasteiger charge is 2.09. The van der Waals surface area contributed by atoms with Crippen molar-refractivity contribution in [1.29, 1.82) is 0 Å². The number of halogens is 1. The van der Waals surface area contributed by atoms with Crippen molar-refractivity contribution in [2.45, 2.75) is 26.4 Å². The molecule has 0 unspecified atom stereocenters. The lowest BCUT2D eigenvalue weighted by molar-refractivity contribution is -0.123. The molecule has 3 N–H and O–H groups in total. The van der Waals surface area contributed by atoms with Gasteiger partial charge in [0.05, 0.1) is 0 Å². The van der Waals surface area contributed by atoms with E-state index in [9.17, 15) is 4.79 Å². The van der Waals surface area contributed by atoms with Gasteiger partial charge in [-0.25, -0.2) is 0 Å². The number of carbonyl (C=O) groups excluding carboxylic acids is 1. The lowest BCUT2D eigenvalue weighted by Gasteiger charge is -2.12. The van der Waals surface area contributed by atoms with Crippen molar-refractivity contribution in [1.82, 2.24) is 5.32 Å². The molecule has 0 fully saturated rings. The van der Waals surface area contributed by atoms with Gasteiger partial charge in [-0.15, -0.1) is 0 Å². The van der Waals surface area contributed by atoms with Gasteiger partial charge in [0, 0.05) is 23.2 Å². The van der Waals surface area contributed by atoms with Crippen molar-refractivity contribution < 1.29 is 9.53 Å². The van der Waals surface area contributed by atoms with E-state index in [-0.39, 0.29) is 25.1 Å². The molecule has 0 aliphatic heterocycles. The lowest BCUT2D eigenvalue weighted by Crippen LogP contribution is -2.34. The number of ether oxygens (including phenoxy) is 1. The molecule has 94 valence electrons. The number of hydrogen-bond donors (Lipinski definition) is 2. The number of amides is 1. The maximum atomic E-state index is 11.4. The monoisotopic (exact) mass is 256 g/mol. The molecule has 0 radical (unpaired) electrons. The Balaban J connectivity index is 2.63. The van der Waals surface area contributed by atoms with Crippen molar-refractivity contribution in [2.24, 2.45) is 5.73 Å². The predicted molar refractivity (Wildman–Crippen MR) is 68.1 cm³/mol. The van der Waals surface area contributed by atoms with Gasteiger partial charge in [-0.3, -0.25) is 4.79 Å². The number of carbonyl (C=O) groups is 1. The lowest BCUT2D eigenvalue weighted by atomic mass is 10.2. The molecular weight excluding hydrogens is 240 g/mol. The van der Waals surface area contributed by atoms with Gasteiger partial charge in [0.25, 0.3) is 5.91 Å². The molecule has 1 aromatic rings. The van der Waals surface area contributed by atoms with Gasteiger partial charge in [0.2, 0.25) is 0 Å². The van der Waals surface area contributed by atoms with Gasteiger partial charge in [0.15, 0.2) is 6.61 Å². The molecule has 5 heteroatoms. The maximum absolute atomic E-state index is 11.4. The van der Waals surface area contributed by atoms with Gasteiger partial charge in [-0.05, 0) is 26.0 Å². The molecule has 0 atom stereocenters. The first-order valence-electron chi connectivity index (χ1n) is 5.44. The topological polar surface area (TPSA) is 64.3 Å². The molecule has 0 saturated carbocycles. The Kier molecular flexibility index (Phi) is 5.25. The minimum Gasteiger partial charge on any atom is -0.483 e. The first-order chi connectivity index (χ1) is 8.04. The van der Waals surface area contributed by atoms with Crippen LogP contribution in [0.25, 0.3) is 0 Å². The normalized spacial score (nSPS) is 10.4. The SMILES string of the molecule is CC(C)NC(=O)COc1cccc(Cl)c1CN. The molecule has 0 saturated heterocycles. The fraction of sp³-hybridized carbons (Fsp3) is 0.417. The van der Waals surface area contributed by atoms with E-state index in [1.54, 1.807) is 18.2 Å². The molecule has 0 heterocycles. The summed E-state index contributed by atoms with van der Waals surface area (Å²) in [6.07, 6.45) is 0. The number of hydrogen-bond acceptors (Lipinski definition) is 3. The fourth-order valence-corrected chi connectivity index (χ4v) is 1.62. The van der Waals surface area contributed by atoms with Crippen LogP contribution in [0, 0.1) is 0 Å². The summed E-state index contributed by atoms with van der Waals surface area (Å²) in [5, 5.41) is 3.29. The van der Waals surface area contributed by atoms with Gasteiger partial charge in [0.1, 0.15) is 5.75 Å². The highest BCUT2D eigenvalue weighted by atomic mass is 35.5. The predicted octanol–water partition coefficient (Wildman–Crippen LogP) is 1.70. The molecule has 1 rings (SSSR count). The van der Waals surface area contributed by atoms with Crippen LogP contribution < -0.4 is 15.8 Å². The Morgan fingerprint density at radius 3 is 2.82 bits per heavy atom. The van der Waals surface area contributed by atoms with Gasteiger partial charge >= 0.3 is 0 Å². The van der Waals surface area contributed by atoms with Crippen molar-refractivity contribution in [3.05, 3.63) is 28.8 Å². The number of benzene rings is 1. The van der Waals surface area contributed by atoms with Crippen LogP contribution in [0.15, 0.2) is 18.2 Å². The summed E-state index contributed by atoms with van der Waals surface area (Å²) in [4.78, 5) is 11.4. The summed E-state index contributed by atoms with van der Waals surface area (Å²) in [6, 6.07) is 5.35. The third-order valence-corrected chi connectivity index (χ3v) is 2.44. The van der Waals surface area contributed by atoms with Crippen LogP contribution in [0.5, 0.6) is 5.75 Å². The summed E-state index contributed by atoms with van der Waals surface area (Å²) in [5.41, 5.74) is 6.29. The molecule has 4 nitrogen and oxygen atoms in total. The van der Waals surface area contributed by atoms with Crippen molar-refractivity contribution >= 4 is 17.5 Å². The van der Waals surface area contributed by atoms with Crippen LogP contribution in [0.3, 0.4) is 0 Å². The second-order valence-electron chi connectivity index (χ2n) is 3.93. The average Bonchev–Trinajstić information content (AvgIpc) is 2.25. The van der Waals surface area contributed by atoms with Crippen molar-refractivity contribution in [2.75, 3.05) is 6.61 Å². The Labute approximate surface area is 106 Å². The summed E-state index contributed by atoms with van der Waals surface area (Å²) < 4.78 is 5.40. The first-order valence-corrected chi connectivity index (χ1v) is 5.82. The van der Waals surface area contributed by atoms with Gasteiger partial charge in [-0.2, -0.15) is 0 Å². The van der Waals surface area contributed by atoms with E-state index in [4.69, 9.17) is 22.1 Å². The largest absolute Gasteiger partial charge is 0.483 e.